The Morgan fingerprint density at radius 1 is 1.10 bits per heavy atom. The van der Waals surface area contributed by atoms with Gasteiger partial charge >= 0.3 is 0 Å². The van der Waals surface area contributed by atoms with Crippen LogP contribution in [0.15, 0.2) is 34.8 Å². The Kier molecular flexibility index (Phi) is 3.99. The van der Waals surface area contributed by atoms with Gasteiger partial charge in [-0.3, -0.25) is 4.79 Å². The molecule has 2 rings (SSSR count). The van der Waals surface area contributed by atoms with Crippen LogP contribution in [0.1, 0.15) is 10.4 Å². The number of halogens is 4. The lowest BCUT2D eigenvalue weighted by Gasteiger charge is -2.08. The van der Waals surface area contributed by atoms with Crippen LogP contribution in [-0.4, -0.2) is 11.0 Å². The van der Waals surface area contributed by atoms with Gasteiger partial charge in [-0.2, -0.15) is 0 Å². The molecule has 0 aromatic heterocycles. The first kappa shape index (κ1) is 14.4. The zero-order chi connectivity index (χ0) is 14.9. The number of nitrogens with one attached hydrogen (secondary N) is 1. The monoisotopic (exact) mass is 345 g/mol. The molecular weight excluding hydrogens is 339 g/mol. The van der Waals surface area contributed by atoms with Gasteiger partial charge in [-0.25, -0.2) is 13.2 Å². The summed E-state index contributed by atoms with van der Waals surface area (Å²) in [5.41, 5.74) is -0.645. The van der Waals surface area contributed by atoms with Gasteiger partial charge in [0.2, 0.25) is 0 Å². The summed E-state index contributed by atoms with van der Waals surface area (Å²) in [6.07, 6.45) is 0. The molecule has 20 heavy (non-hydrogen) atoms. The standard InChI is InChI=1S/C13H7BrF3NO2/c14-6-1-2-7(10(19)5-6)13(20)18-9-4-3-8(15)11(16)12(9)17/h1-5,19H,(H,18,20). The van der Waals surface area contributed by atoms with E-state index < -0.39 is 29.0 Å². The van der Waals surface area contributed by atoms with Crippen molar-refractivity contribution in [2.24, 2.45) is 0 Å². The maximum absolute atomic E-state index is 13.4. The highest BCUT2D eigenvalue weighted by Gasteiger charge is 2.17. The highest BCUT2D eigenvalue weighted by Crippen LogP contribution is 2.25. The predicted octanol–water partition coefficient (Wildman–Crippen LogP) is 3.82. The first-order valence-corrected chi connectivity index (χ1v) is 6.13. The molecule has 0 aliphatic heterocycles. The number of aromatic hydroxyl groups is 1. The van der Waals surface area contributed by atoms with Gasteiger partial charge in [0, 0.05) is 4.47 Å². The quantitative estimate of drug-likeness (QED) is 0.813. The van der Waals surface area contributed by atoms with E-state index >= 15 is 0 Å². The molecule has 0 radical (unpaired) electrons. The van der Waals surface area contributed by atoms with Gasteiger partial charge < -0.3 is 10.4 Å². The molecule has 2 aromatic carbocycles. The first-order chi connectivity index (χ1) is 9.40. The molecule has 0 unspecified atom stereocenters. The average molecular weight is 346 g/mol. The molecule has 104 valence electrons. The molecule has 0 saturated heterocycles. The number of hydrogen-bond donors (Lipinski definition) is 2. The Balaban J connectivity index is 2.30. The number of carbonyl (C=O) groups is 1. The van der Waals surface area contributed by atoms with Crippen molar-refractivity contribution in [3.05, 3.63) is 57.8 Å². The van der Waals surface area contributed by atoms with Gasteiger partial charge in [-0.05, 0) is 30.3 Å². The van der Waals surface area contributed by atoms with Crippen molar-refractivity contribution in [3.63, 3.8) is 0 Å². The Hall–Kier alpha value is -2.02. The second-order valence-electron chi connectivity index (χ2n) is 3.84. The van der Waals surface area contributed by atoms with Crippen molar-refractivity contribution in [1.82, 2.24) is 0 Å². The molecule has 0 atom stereocenters. The summed E-state index contributed by atoms with van der Waals surface area (Å²) < 4.78 is 39.7. The van der Waals surface area contributed by atoms with Crippen LogP contribution in [0.3, 0.4) is 0 Å². The van der Waals surface area contributed by atoms with Crippen LogP contribution in [0.4, 0.5) is 18.9 Å². The van der Waals surface area contributed by atoms with E-state index in [-0.39, 0.29) is 11.3 Å². The summed E-state index contributed by atoms with van der Waals surface area (Å²) in [6, 6.07) is 5.65. The minimum atomic E-state index is -1.68. The van der Waals surface area contributed by atoms with E-state index in [0.29, 0.717) is 10.5 Å². The summed E-state index contributed by atoms with van der Waals surface area (Å²) in [5.74, 6) is -5.72. The van der Waals surface area contributed by atoms with Crippen LogP contribution in [0.25, 0.3) is 0 Å². The number of phenolic OH excluding ortho intramolecular Hbond substituents is 1. The van der Waals surface area contributed by atoms with Crippen molar-refractivity contribution in [2.75, 3.05) is 5.32 Å². The Bertz CT molecular complexity index is 692. The minimum Gasteiger partial charge on any atom is -0.507 e. The maximum atomic E-state index is 13.4. The normalized spacial score (nSPS) is 10.4. The molecule has 0 saturated carbocycles. The van der Waals surface area contributed by atoms with Crippen molar-refractivity contribution in [2.45, 2.75) is 0 Å². The molecule has 7 heteroatoms. The van der Waals surface area contributed by atoms with Crippen molar-refractivity contribution < 1.29 is 23.1 Å². The molecule has 3 nitrogen and oxygen atoms in total. The highest BCUT2D eigenvalue weighted by atomic mass is 79.9. The van der Waals surface area contributed by atoms with Gasteiger partial charge in [-0.15, -0.1) is 0 Å². The van der Waals surface area contributed by atoms with Gasteiger partial charge in [0.25, 0.3) is 5.91 Å². The lowest BCUT2D eigenvalue weighted by molar-refractivity contribution is 0.102. The SMILES string of the molecule is O=C(Nc1ccc(F)c(F)c1F)c1ccc(Br)cc1O. The molecule has 1 amide bonds. The molecule has 0 fully saturated rings. The highest BCUT2D eigenvalue weighted by molar-refractivity contribution is 9.10. The lowest BCUT2D eigenvalue weighted by atomic mass is 10.2. The fraction of sp³-hybridized carbons (Fsp3) is 0. The first-order valence-electron chi connectivity index (χ1n) is 5.33. The average Bonchev–Trinajstić information content (AvgIpc) is 2.39. The van der Waals surface area contributed by atoms with Gasteiger partial charge in [0.05, 0.1) is 11.3 Å². The zero-order valence-electron chi connectivity index (χ0n) is 9.75. The number of rotatable bonds is 2. The van der Waals surface area contributed by atoms with Crippen LogP contribution in [0, 0.1) is 17.5 Å². The number of amides is 1. The third-order valence-electron chi connectivity index (χ3n) is 2.49. The molecule has 0 bridgehead atoms. The fourth-order valence-electron chi connectivity index (χ4n) is 1.51. The molecular formula is C13H7BrF3NO2. The largest absolute Gasteiger partial charge is 0.507 e. The van der Waals surface area contributed by atoms with Gasteiger partial charge in [-0.1, -0.05) is 15.9 Å². The Morgan fingerprint density at radius 3 is 2.45 bits per heavy atom. The number of hydrogen-bond acceptors (Lipinski definition) is 2. The third-order valence-corrected chi connectivity index (χ3v) is 2.98. The third kappa shape index (κ3) is 2.77. The minimum absolute atomic E-state index is 0.127. The smallest absolute Gasteiger partial charge is 0.259 e. The number of carbonyl (C=O) groups excluding carboxylic acids is 1. The van der Waals surface area contributed by atoms with E-state index in [9.17, 15) is 23.1 Å². The predicted molar refractivity (Wildman–Crippen MR) is 70.1 cm³/mol. The van der Waals surface area contributed by atoms with E-state index in [1.807, 2.05) is 0 Å². The van der Waals surface area contributed by atoms with E-state index in [4.69, 9.17) is 0 Å². The molecule has 0 heterocycles. The van der Waals surface area contributed by atoms with Crippen molar-refractivity contribution >= 4 is 27.5 Å². The van der Waals surface area contributed by atoms with Crippen molar-refractivity contribution in [1.29, 1.82) is 0 Å². The number of benzene rings is 2. The summed E-state index contributed by atoms with van der Waals surface area (Å²) in [4.78, 5) is 11.8. The summed E-state index contributed by atoms with van der Waals surface area (Å²) in [7, 11) is 0. The van der Waals surface area contributed by atoms with Crippen LogP contribution < -0.4 is 5.32 Å². The van der Waals surface area contributed by atoms with Crippen LogP contribution >= 0.6 is 15.9 Å². The van der Waals surface area contributed by atoms with E-state index in [2.05, 4.69) is 21.2 Å². The van der Waals surface area contributed by atoms with Crippen molar-refractivity contribution in [3.8, 4) is 5.75 Å². The van der Waals surface area contributed by atoms with Crippen LogP contribution in [-0.2, 0) is 0 Å². The number of phenols is 1. The van der Waals surface area contributed by atoms with Crippen LogP contribution in [0.5, 0.6) is 5.75 Å². The summed E-state index contributed by atoms with van der Waals surface area (Å²) >= 11 is 3.10. The lowest BCUT2D eigenvalue weighted by Crippen LogP contribution is -2.14. The zero-order valence-corrected chi connectivity index (χ0v) is 11.3. The summed E-state index contributed by atoms with van der Waals surface area (Å²) in [5, 5.41) is 11.6. The van der Waals surface area contributed by atoms with E-state index in [1.165, 1.54) is 18.2 Å². The van der Waals surface area contributed by atoms with E-state index in [0.717, 1.165) is 6.07 Å². The Labute approximate surface area is 120 Å². The molecule has 2 N–H and O–H groups in total. The van der Waals surface area contributed by atoms with Gasteiger partial charge in [0.1, 0.15) is 5.75 Å². The molecule has 2 aromatic rings. The van der Waals surface area contributed by atoms with Crippen LogP contribution in [0.2, 0.25) is 0 Å². The van der Waals surface area contributed by atoms with E-state index in [1.54, 1.807) is 0 Å². The maximum Gasteiger partial charge on any atom is 0.259 e. The topological polar surface area (TPSA) is 49.3 Å². The molecule has 0 spiro atoms. The second kappa shape index (κ2) is 5.54. The number of anilines is 1. The Morgan fingerprint density at radius 2 is 1.80 bits per heavy atom. The summed E-state index contributed by atoms with van der Waals surface area (Å²) in [6.45, 7) is 0. The molecule has 0 aliphatic rings. The fourth-order valence-corrected chi connectivity index (χ4v) is 1.86. The van der Waals surface area contributed by atoms with Gasteiger partial charge in [0.15, 0.2) is 17.5 Å². The second-order valence-corrected chi connectivity index (χ2v) is 4.75. The molecule has 0 aliphatic carbocycles.